The number of hydrogen-bond acceptors (Lipinski definition) is 2. The van der Waals surface area contributed by atoms with Crippen molar-refractivity contribution in [2.75, 3.05) is 6.54 Å². The normalized spacial score (nSPS) is 39.5. The Morgan fingerprint density at radius 3 is 2.85 bits per heavy atom. The Balaban J connectivity index is 1.95. The number of rotatable bonds is 1. The average molecular weight is 183 g/mol. The molecule has 3 nitrogen and oxygen atoms in total. The van der Waals surface area contributed by atoms with Gasteiger partial charge in [-0.3, -0.25) is 4.79 Å². The van der Waals surface area contributed by atoms with E-state index in [1.54, 1.807) is 0 Å². The quantitative estimate of drug-likeness (QED) is 0.643. The molecule has 3 atom stereocenters. The van der Waals surface area contributed by atoms with E-state index in [1.165, 1.54) is 25.7 Å². The third kappa shape index (κ3) is 1.85. The molecule has 1 heterocycles. The first kappa shape index (κ1) is 9.00. The van der Waals surface area contributed by atoms with Gasteiger partial charge in [0.2, 0.25) is 0 Å². The van der Waals surface area contributed by atoms with Gasteiger partial charge in [0.05, 0.1) is 5.92 Å². The van der Waals surface area contributed by atoms with Crippen LogP contribution in [0.1, 0.15) is 32.1 Å². The monoisotopic (exact) mass is 183 g/mol. The summed E-state index contributed by atoms with van der Waals surface area (Å²) in [7, 11) is 0. The largest absolute Gasteiger partial charge is 0.481 e. The van der Waals surface area contributed by atoms with E-state index in [0.717, 1.165) is 6.42 Å². The summed E-state index contributed by atoms with van der Waals surface area (Å²) < 4.78 is 0. The van der Waals surface area contributed by atoms with Crippen LogP contribution in [0.4, 0.5) is 0 Å². The minimum absolute atomic E-state index is 0.139. The molecule has 1 saturated heterocycles. The van der Waals surface area contributed by atoms with Gasteiger partial charge in [-0.25, -0.2) is 0 Å². The molecule has 0 bridgehead atoms. The molecular weight excluding hydrogens is 166 g/mol. The van der Waals surface area contributed by atoms with Gasteiger partial charge in [-0.2, -0.15) is 0 Å². The topological polar surface area (TPSA) is 49.3 Å². The van der Waals surface area contributed by atoms with E-state index >= 15 is 0 Å². The lowest BCUT2D eigenvalue weighted by atomic mass is 9.76. The average Bonchev–Trinajstić information content (AvgIpc) is 2.17. The number of carboxylic acids is 1. The van der Waals surface area contributed by atoms with E-state index in [9.17, 15) is 4.79 Å². The molecule has 2 N–H and O–H groups in total. The lowest BCUT2D eigenvalue weighted by Gasteiger charge is -2.38. The van der Waals surface area contributed by atoms with Crippen molar-refractivity contribution in [3.8, 4) is 0 Å². The molecule has 1 saturated carbocycles. The van der Waals surface area contributed by atoms with Crippen LogP contribution in [-0.4, -0.2) is 23.7 Å². The molecule has 0 aromatic heterocycles. The molecular formula is C10H17NO2. The first-order chi connectivity index (χ1) is 6.27. The van der Waals surface area contributed by atoms with Gasteiger partial charge in [0.15, 0.2) is 0 Å². The summed E-state index contributed by atoms with van der Waals surface area (Å²) in [6.07, 6.45) is 5.96. The van der Waals surface area contributed by atoms with Crippen LogP contribution in [0.2, 0.25) is 0 Å². The van der Waals surface area contributed by atoms with Gasteiger partial charge in [-0.1, -0.05) is 12.8 Å². The van der Waals surface area contributed by atoms with E-state index < -0.39 is 5.97 Å². The summed E-state index contributed by atoms with van der Waals surface area (Å²) >= 11 is 0. The standard InChI is InChI=1S/C10H17NO2/c12-10(13)8-5-7-3-1-2-4-9(7)11-6-8/h7-9,11H,1-6H2,(H,12,13)/t7-,8+,9-/m0/s1. The van der Waals surface area contributed by atoms with Crippen LogP contribution < -0.4 is 5.32 Å². The number of piperidine rings is 1. The third-order valence-corrected chi connectivity index (χ3v) is 3.47. The Bertz CT molecular complexity index is 205. The predicted molar refractivity (Wildman–Crippen MR) is 49.5 cm³/mol. The van der Waals surface area contributed by atoms with Crippen LogP contribution in [0, 0.1) is 11.8 Å². The van der Waals surface area contributed by atoms with Gasteiger partial charge in [-0.15, -0.1) is 0 Å². The second-order valence-corrected chi connectivity index (χ2v) is 4.33. The Morgan fingerprint density at radius 2 is 2.08 bits per heavy atom. The van der Waals surface area contributed by atoms with Gasteiger partial charge in [0, 0.05) is 12.6 Å². The van der Waals surface area contributed by atoms with Crippen molar-refractivity contribution in [2.24, 2.45) is 11.8 Å². The summed E-state index contributed by atoms with van der Waals surface area (Å²) in [5, 5.41) is 12.3. The van der Waals surface area contributed by atoms with Gasteiger partial charge in [0.1, 0.15) is 0 Å². The number of fused-ring (bicyclic) bond motifs is 1. The fourth-order valence-electron chi connectivity index (χ4n) is 2.69. The highest BCUT2D eigenvalue weighted by molar-refractivity contribution is 5.70. The number of hydrogen-bond donors (Lipinski definition) is 2. The molecule has 0 aromatic carbocycles. The highest BCUT2D eigenvalue weighted by atomic mass is 16.4. The lowest BCUT2D eigenvalue weighted by molar-refractivity contribution is -0.143. The molecule has 13 heavy (non-hydrogen) atoms. The van der Waals surface area contributed by atoms with Crippen LogP contribution in [0.5, 0.6) is 0 Å². The molecule has 0 unspecified atom stereocenters. The van der Waals surface area contributed by atoms with Crippen molar-refractivity contribution in [2.45, 2.75) is 38.1 Å². The summed E-state index contributed by atoms with van der Waals surface area (Å²) in [5.41, 5.74) is 0. The number of aliphatic carboxylic acids is 1. The molecule has 2 aliphatic rings. The second kappa shape index (κ2) is 3.66. The minimum atomic E-state index is -0.628. The molecule has 1 aliphatic carbocycles. The maximum atomic E-state index is 10.8. The fourth-order valence-corrected chi connectivity index (χ4v) is 2.69. The highest BCUT2D eigenvalue weighted by Crippen LogP contribution is 2.32. The molecule has 1 aliphatic heterocycles. The highest BCUT2D eigenvalue weighted by Gasteiger charge is 2.34. The van der Waals surface area contributed by atoms with Crippen molar-refractivity contribution in [1.82, 2.24) is 5.32 Å². The number of carboxylic acid groups (broad SMARTS) is 1. The maximum absolute atomic E-state index is 10.8. The van der Waals surface area contributed by atoms with Crippen LogP contribution >= 0.6 is 0 Å². The molecule has 2 fully saturated rings. The van der Waals surface area contributed by atoms with Gasteiger partial charge in [0.25, 0.3) is 0 Å². The predicted octanol–water partition coefficient (Wildman–Crippen LogP) is 1.24. The zero-order chi connectivity index (χ0) is 9.26. The zero-order valence-electron chi connectivity index (χ0n) is 7.83. The Hall–Kier alpha value is -0.570. The third-order valence-electron chi connectivity index (χ3n) is 3.47. The Morgan fingerprint density at radius 1 is 1.31 bits per heavy atom. The number of nitrogens with one attached hydrogen (secondary N) is 1. The summed E-state index contributed by atoms with van der Waals surface area (Å²) in [5.74, 6) is -0.139. The van der Waals surface area contributed by atoms with E-state index in [2.05, 4.69) is 5.32 Å². The first-order valence-electron chi connectivity index (χ1n) is 5.23. The smallest absolute Gasteiger partial charge is 0.307 e. The molecule has 74 valence electrons. The van der Waals surface area contributed by atoms with Crippen LogP contribution in [0.15, 0.2) is 0 Å². The van der Waals surface area contributed by atoms with Crippen molar-refractivity contribution in [1.29, 1.82) is 0 Å². The zero-order valence-corrected chi connectivity index (χ0v) is 7.83. The molecule has 0 radical (unpaired) electrons. The summed E-state index contributed by atoms with van der Waals surface area (Å²) in [6, 6.07) is 0.615. The second-order valence-electron chi connectivity index (χ2n) is 4.33. The van der Waals surface area contributed by atoms with Crippen molar-refractivity contribution in [3.05, 3.63) is 0 Å². The van der Waals surface area contributed by atoms with E-state index in [1.807, 2.05) is 0 Å². The minimum Gasteiger partial charge on any atom is -0.481 e. The summed E-state index contributed by atoms with van der Waals surface area (Å²) in [4.78, 5) is 10.8. The van der Waals surface area contributed by atoms with Crippen molar-refractivity contribution < 1.29 is 9.90 Å². The lowest BCUT2D eigenvalue weighted by Crippen LogP contribution is -2.48. The Kier molecular flexibility index (Phi) is 2.54. The fraction of sp³-hybridized carbons (Fsp3) is 0.900. The Labute approximate surface area is 78.5 Å². The van der Waals surface area contributed by atoms with E-state index in [0.29, 0.717) is 18.5 Å². The maximum Gasteiger partial charge on any atom is 0.307 e. The van der Waals surface area contributed by atoms with E-state index in [-0.39, 0.29) is 5.92 Å². The van der Waals surface area contributed by atoms with Crippen molar-refractivity contribution in [3.63, 3.8) is 0 Å². The summed E-state index contributed by atoms with van der Waals surface area (Å²) in [6.45, 7) is 0.677. The van der Waals surface area contributed by atoms with Crippen LogP contribution in [-0.2, 0) is 4.79 Å². The molecule has 0 amide bonds. The van der Waals surface area contributed by atoms with Crippen molar-refractivity contribution >= 4 is 5.97 Å². The molecule has 2 rings (SSSR count). The first-order valence-corrected chi connectivity index (χ1v) is 5.23. The molecule has 0 aromatic rings. The SMILES string of the molecule is O=C(O)[C@H]1CN[C@H]2CCCC[C@H]2C1. The number of carbonyl (C=O) groups is 1. The molecule has 0 spiro atoms. The van der Waals surface area contributed by atoms with Crippen LogP contribution in [0.3, 0.4) is 0 Å². The van der Waals surface area contributed by atoms with E-state index in [4.69, 9.17) is 5.11 Å². The van der Waals surface area contributed by atoms with Gasteiger partial charge < -0.3 is 10.4 Å². The van der Waals surface area contributed by atoms with Crippen LogP contribution in [0.25, 0.3) is 0 Å². The van der Waals surface area contributed by atoms with Gasteiger partial charge in [-0.05, 0) is 25.2 Å². The molecule has 3 heteroatoms. The van der Waals surface area contributed by atoms with Gasteiger partial charge >= 0.3 is 5.97 Å².